The first kappa shape index (κ1) is 9.83. The lowest BCUT2D eigenvalue weighted by Crippen LogP contribution is -1.79. The zero-order valence-corrected chi connectivity index (χ0v) is 8.17. The van der Waals surface area contributed by atoms with Crippen molar-refractivity contribution in [3.8, 4) is 6.07 Å². The Morgan fingerprint density at radius 1 is 1.54 bits per heavy atom. The lowest BCUT2D eigenvalue weighted by molar-refractivity contribution is 1.36. The Balaban J connectivity index is 2.88. The van der Waals surface area contributed by atoms with E-state index in [4.69, 9.17) is 16.9 Å². The van der Waals surface area contributed by atoms with Crippen molar-refractivity contribution in [3.05, 3.63) is 40.4 Å². The number of nitriles is 1. The predicted octanol–water partition coefficient (Wildman–Crippen LogP) is 3.58. The Labute approximate surface area is 83.3 Å². The van der Waals surface area contributed by atoms with Crippen molar-refractivity contribution in [1.82, 2.24) is 0 Å². The van der Waals surface area contributed by atoms with Crippen LogP contribution in [0, 0.1) is 18.3 Å². The Bertz CT molecular complexity index is 361. The van der Waals surface area contributed by atoms with Crippen LogP contribution in [0.2, 0.25) is 5.02 Å². The van der Waals surface area contributed by atoms with Gasteiger partial charge in [0, 0.05) is 5.02 Å². The van der Waals surface area contributed by atoms with Crippen molar-refractivity contribution < 1.29 is 0 Å². The summed E-state index contributed by atoms with van der Waals surface area (Å²) in [5.74, 6) is 0. The molecule has 2 heteroatoms. The highest BCUT2D eigenvalue weighted by atomic mass is 35.5. The molecule has 0 spiro atoms. The summed E-state index contributed by atoms with van der Waals surface area (Å²) in [6.07, 6.45) is 4.19. The molecule has 0 aliphatic rings. The minimum absolute atomic E-state index is 0.436. The molecule has 0 unspecified atom stereocenters. The average Bonchev–Trinajstić information content (AvgIpc) is 2.11. The fraction of sp³-hybridized carbons (Fsp3) is 0.182. The Kier molecular flexibility index (Phi) is 3.54. The first-order valence-electron chi connectivity index (χ1n) is 4.03. The molecule has 0 bridgehead atoms. The summed E-state index contributed by atoms with van der Waals surface area (Å²) >= 11 is 5.83. The van der Waals surface area contributed by atoms with Gasteiger partial charge in [-0.15, -0.1) is 0 Å². The summed E-state index contributed by atoms with van der Waals surface area (Å²) in [4.78, 5) is 0. The highest BCUT2D eigenvalue weighted by Crippen LogP contribution is 2.16. The van der Waals surface area contributed by atoms with E-state index in [0.717, 1.165) is 10.6 Å². The van der Waals surface area contributed by atoms with Crippen molar-refractivity contribution in [3.63, 3.8) is 0 Å². The van der Waals surface area contributed by atoms with Crippen LogP contribution in [0.3, 0.4) is 0 Å². The second-order valence-corrected chi connectivity index (χ2v) is 3.20. The highest BCUT2D eigenvalue weighted by molar-refractivity contribution is 6.30. The average molecular weight is 192 g/mol. The largest absolute Gasteiger partial charge is 0.198 e. The smallest absolute Gasteiger partial charge is 0.0663 e. The molecule has 0 fully saturated rings. The van der Waals surface area contributed by atoms with E-state index in [2.05, 4.69) is 6.07 Å². The van der Waals surface area contributed by atoms with Crippen molar-refractivity contribution in [2.75, 3.05) is 0 Å². The monoisotopic (exact) mass is 191 g/mol. The lowest BCUT2D eigenvalue weighted by atomic mass is 10.1. The van der Waals surface area contributed by atoms with Gasteiger partial charge in [0.1, 0.15) is 0 Å². The molecule has 0 saturated heterocycles. The van der Waals surface area contributed by atoms with Gasteiger partial charge in [-0.05, 0) is 30.2 Å². The number of benzene rings is 1. The van der Waals surface area contributed by atoms with Crippen LogP contribution in [0.15, 0.2) is 24.3 Å². The van der Waals surface area contributed by atoms with E-state index in [0.29, 0.717) is 6.42 Å². The van der Waals surface area contributed by atoms with Crippen molar-refractivity contribution in [2.24, 2.45) is 0 Å². The quantitative estimate of drug-likeness (QED) is 0.701. The van der Waals surface area contributed by atoms with E-state index in [1.807, 2.05) is 37.3 Å². The summed E-state index contributed by atoms with van der Waals surface area (Å²) in [6, 6.07) is 7.77. The minimum Gasteiger partial charge on any atom is -0.198 e. The van der Waals surface area contributed by atoms with Gasteiger partial charge in [-0.25, -0.2) is 0 Å². The molecule has 0 radical (unpaired) electrons. The third-order valence-electron chi connectivity index (χ3n) is 1.75. The van der Waals surface area contributed by atoms with Crippen LogP contribution >= 0.6 is 11.6 Å². The number of aryl methyl sites for hydroxylation is 1. The van der Waals surface area contributed by atoms with E-state index >= 15 is 0 Å². The van der Waals surface area contributed by atoms with Crippen molar-refractivity contribution in [2.45, 2.75) is 13.3 Å². The molecule has 0 atom stereocenters. The van der Waals surface area contributed by atoms with Crippen LogP contribution in [-0.4, -0.2) is 0 Å². The fourth-order valence-corrected chi connectivity index (χ4v) is 1.21. The summed E-state index contributed by atoms with van der Waals surface area (Å²) in [6.45, 7) is 2.02. The molecular weight excluding hydrogens is 182 g/mol. The molecule has 0 saturated carbocycles. The molecule has 0 N–H and O–H groups in total. The number of allylic oxidation sites excluding steroid dienone is 1. The first-order valence-corrected chi connectivity index (χ1v) is 4.41. The van der Waals surface area contributed by atoms with E-state index < -0.39 is 0 Å². The van der Waals surface area contributed by atoms with Gasteiger partial charge in [-0.3, -0.25) is 0 Å². The fourth-order valence-electron chi connectivity index (χ4n) is 1.03. The number of nitrogens with zero attached hydrogens (tertiary/aromatic N) is 1. The number of rotatable bonds is 2. The van der Waals surface area contributed by atoms with Gasteiger partial charge in [0.15, 0.2) is 0 Å². The van der Waals surface area contributed by atoms with E-state index in [-0.39, 0.29) is 0 Å². The van der Waals surface area contributed by atoms with Gasteiger partial charge in [-0.2, -0.15) is 5.26 Å². The molecule has 13 heavy (non-hydrogen) atoms. The molecule has 1 aromatic carbocycles. The topological polar surface area (TPSA) is 23.8 Å². The molecule has 1 rings (SSSR count). The van der Waals surface area contributed by atoms with Gasteiger partial charge >= 0.3 is 0 Å². The molecule has 1 aromatic rings. The maximum absolute atomic E-state index is 8.34. The molecule has 0 aromatic heterocycles. The standard InChI is InChI=1S/C11H10ClN/c1-9-5-6-11(12)8-10(9)4-2-3-7-13/h2,4-6,8H,3H2,1H3. The summed E-state index contributed by atoms with van der Waals surface area (Å²) in [5, 5.41) is 9.07. The van der Waals surface area contributed by atoms with Gasteiger partial charge in [-0.1, -0.05) is 29.8 Å². The maximum atomic E-state index is 8.34. The van der Waals surface area contributed by atoms with Gasteiger partial charge in [0.05, 0.1) is 12.5 Å². The highest BCUT2D eigenvalue weighted by Gasteiger charge is 1.94. The van der Waals surface area contributed by atoms with E-state index in [1.54, 1.807) is 0 Å². The second-order valence-electron chi connectivity index (χ2n) is 2.77. The van der Waals surface area contributed by atoms with E-state index in [1.165, 1.54) is 5.56 Å². The number of hydrogen-bond acceptors (Lipinski definition) is 1. The zero-order valence-electron chi connectivity index (χ0n) is 7.42. The van der Waals surface area contributed by atoms with Crippen molar-refractivity contribution >= 4 is 17.7 Å². The zero-order chi connectivity index (χ0) is 9.68. The van der Waals surface area contributed by atoms with Crippen LogP contribution < -0.4 is 0 Å². The normalized spacial score (nSPS) is 10.2. The Hall–Kier alpha value is -1.26. The van der Waals surface area contributed by atoms with Crippen molar-refractivity contribution in [1.29, 1.82) is 5.26 Å². The molecule has 66 valence electrons. The number of hydrogen-bond donors (Lipinski definition) is 0. The minimum atomic E-state index is 0.436. The van der Waals surface area contributed by atoms with Crippen LogP contribution in [-0.2, 0) is 0 Å². The first-order chi connectivity index (χ1) is 6.24. The van der Waals surface area contributed by atoms with Gasteiger partial charge in [0.25, 0.3) is 0 Å². The lowest BCUT2D eigenvalue weighted by Gasteiger charge is -1.99. The third-order valence-corrected chi connectivity index (χ3v) is 1.98. The Morgan fingerprint density at radius 3 is 3.00 bits per heavy atom. The molecular formula is C11H10ClN. The summed E-state index contributed by atoms with van der Waals surface area (Å²) < 4.78 is 0. The summed E-state index contributed by atoms with van der Waals surface area (Å²) in [7, 11) is 0. The molecule has 1 nitrogen and oxygen atoms in total. The van der Waals surface area contributed by atoms with Gasteiger partial charge in [0.2, 0.25) is 0 Å². The van der Waals surface area contributed by atoms with Crippen LogP contribution in [0.25, 0.3) is 6.08 Å². The predicted molar refractivity (Wildman–Crippen MR) is 55.5 cm³/mol. The SMILES string of the molecule is Cc1ccc(Cl)cc1C=CCC#N. The van der Waals surface area contributed by atoms with Crippen LogP contribution in [0.1, 0.15) is 17.5 Å². The number of halogens is 1. The third kappa shape index (κ3) is 2.93. The van der Waals surface area contributed by atoms with E-state index in [9.17, 15) is 0 Å². The summed E-state index contributed by atoms with van der Waals surface area (Å²) in [5.41, 5.74) is 2.24. The molecule has 0 aliphatic heterocycles. The molecule has 0 heterocycles. The maximum Gasteiger partial charge on any atom is 0.0663 e. The second kappa shape index (κ2) is 4.69. The molecule has 0 aliphatic carbocycles. The molecule has 0 amide bonds. The van der Waals surface area contributed by atoms with Gasteiger partial charge < -0.3 is 0 Å². The van der Waals surface area contributed by atoms with Crippen LogP contribution in [0.4, 0.5) is 0 Å². The Morgan fingerprint density at radius 2 is 2.31 bits per heavy atom. The van der Waals surface area contributed by atoms with Crippen LogP contribution in [0.5, 0.6) is 0 Å².